The van der Waals surface area contributed by atoms with Crippen LogP contribution in [0.4, 0.5) is 0 Å². The lowest BCUT2D eigenvalue weighted by Crippen LogP contribution is -3.00. The fourth-order valence-corrected chi connectivity index (χ4v) is 4.55. The first kappa shape index (κ1) is 40.2. The second kappa shape index (κ2) is 26.3. The molecule has 0 atom stereocenters. The summed E-state index contributed by atoms with van der Waals surface area (Å²) in [5.41, 5.74) is 1.45. The van der Waals surface area contributed by atoms with E-state index in [2.05, 4.69) is 79.4 Å². The van der Waals surface area contributed by atoms with Crippen LogP contribution in [-0.2, 0) is 6.54 Å². The number of rotatable bonds is 20. The van der Waals surface area contributed by atoms with E-state index in [1.165, 1.54) is 121 Å². The third-order valence-corrected chi connectivity index (χ3v) is 6.75. The lowest BCUT2D eigenvalue weighted by Gasteiger charge is -2.30. The van der Waals surface area contributed by atoms with Gasteiger partial charge in [-0.15, -0.1) is 0 Å². The Hall–Kier alpha value is -0.280. The monoisotopic (exact) mass is 546 g/mol. The molecule has 0 bridgehead atoms. The van der Waals surface area contributed by atoms with E-state index in [4.69, 9.17) is 0 Å². The van der Waals surface area contributed by atoms with Crippen molar-refractivity contribution < 1.29 is 33.8 Å². The zero-order chi connectivity index (χ0) is 25.5. The molecule has 0 heterocycles. The van der Waals surface area contributed by atoms with Gasteiger partial charge in [-0.1, -0.05) is 121 Å². The predicted molar refractivity (Wildman–Crippen MR) is 155 cm³/mol. The minimum absolute atomic E-state index is 0. The van der Waals surface area contributed by atoms with Gasteiger partial charge in [0.2, 0.25) is 0 Å². The van der Waals surface area contributed by atoms with Crippen LogP contribution in [0.1, 0.15) is 122 Å². The zero-order valence-corrected chi connectivity index (χ0v) is 27.0. The summed E-state index contributed by atoms with van der Waals surface area (Å²) < 4.78 is 2.23. The summed E-state index contributed by atoms with van der Waals surface area (Å²) >= 11 is 0. The lowest BCUT2D eigenvalue weighted by molar-refractivity contribution is -0.903. The molecule has 0 saturated carbocycles. The fourth-order valence-electron chi connectivity index (χ4n) is 4.55. The highest BCUT2D eigenvalue weighted by Gasteiger charge is 2.14. The highest BCUT2D eigenvalue weighted by molar-refractivity contribution is 5.13. The second-order valence-electron chi connectivity index (χ2n) is 12.3. The van der Waals surface area contributed by atoms with Crippen molar-refractivity contribution in [2.24, 2.45) is 0 Å². The van der Waals surface area contributed by atoms with E-state index in [9.17, 15) is 0 Å². The number of benzene rings is 1. The first-order valence-electron chi connectivity index (χ1n) is 14.9. The summed E-state index contributed by atoms with van der Waals surface area (Å²) in [5, 5.41) is 0. The van der Waals surface area contributed by atoms with Gasteiger partial charge in [0.05, 0.1) is 48.3 Å². The van der Waals surface area contributed by atoms with Crippen LogP contribution in [0.25, 0.3) is 0 Å². The molecule has 216 valence electrons. The lowest BCUT2D eigenvalue weighted by atomic mass is 10.1. The highest BCUT2D eigenvalue weighted by atomic mass is 35.5. The maximum atomic E-state index is 2.35. The maximum Gasteiger partial charge on any atom is 0.104 e. The molecule has 0 amide bonds. The molecule has 2 nitrogen and oxygen atoms in total. The third-order valence-electron chi connectivity index (χ3n) is 6.75. The minimum atomic E-state index is 0. The van der Waals surface area contributed by atoms with Crippen molar-refractivity contribution in [3.63, 3.8) is 0 Å². The molecular formula is C32H64Cl2N2. The van der Waals surface area contributed by atoms with Gasteiger partial charge < -0.3 is 33.8 Å². The SMILES string of the molecule is CCCCCCCCCCCC[N+](C)(C)C.CCCCCCCC[N+](C)(C)Cc1ccccc1.[Cl-].[Cl-]. The second-order valence-corrected chi connectivity index (χ2v) is 12.3. The molecule has 1 rings (SSSR count). The van der Waals surface area contributed by atoms with Gasteiger partial charge in [-0.05, 0) is 25.7 Å². The Morgan fingerprint density at radius 1 is 0.472 bits per heavy atom. The molecule has 1 aromatic rings. The fraction of sp³-hybridized carbons (Fsp3) is 0.812. The molecule has 0 aromatic heterocycles. The van der Waals surface area contributed by atoms with Crippen LogP contribution in [0, 0.1) is 0 Å². The van der Waals surface area contributed by atoms with Gasteiger partial charge in [-0.25, -0.2) is 0 Å². The van der Waals surface area contributed by atoms with Crippen LogP contribution in [0.2, 0.25) is 0 Å². The zero-order valence-electron chi connectivity index (χ0n) is 25.5. The number of halogens is 2. The van der Waals surface area contributed by atoms with E-state index in [0.717, 1.165) is 15.5 Å². The molecule has 0 aliphatic carbocycles. The van der Waals surface area contributed by atoms with E-state index in [0.29, 0.717) is 0 Å². The molecular weight excluding hydrogens is 483 g/mol. The van der Waals surface area contributed by atoms with Gasteiger partial charge in [0.25, 0.3) is 0 Å². The smallest absolute Gasteiger partial charge is 0.104 e. The van der Waals surface area contributed by atoms with Gasteiger partial charge >= 0.3 is 0 Å². The van der Waals surface area contributed by atoms with Gasteiger partial charge in [-0.2, -0.15) is 0 Å². The number of unbranched alkanes of at least 4 members (excludes halogenated alkanes) is 14. The Labute approximate surface area is 240 Å². The Bertz CT molecular complexity index is 541. The van der Waals surface area contributed by atoms with Gasteiger partial charge in [0.1, 0.15) is 6.54 Å². The average Bonchev–Trinajstić information content (AvgIpc) is 2.77. The molecule has 0 fully saturated rings. The van der Waals surface area contributed by atoms with Crippen molar-refractivity contribution in [1.82, 2.24) is 0 Å². The van der Waals surface area contributed by atoms with Crippen LogP contribution in [-0.4, -0.2) is 57.3 Å². The Kier molecular flexibility index (Phi) is 29.4. The molecule has 4 heteroatoms. The van der Waals surface area contributed by atoms with E-state index < -0.39 is 0 Å². The van der Waals surface area contributed by atoms with Crippen LogP contribution >= 0.6 is 0 Å². The van der Waals surface area contributed by atoms with E-state index in [-0.39, 0.29) is 24.8 Å². The minimum Gasteiger partial charge on any atom is -1.00 e. The Morgan fingerprint density at radius 2 is 0.833 bits per heavy atom. The third kappa shape index (κ3) is 29.9. The van der Waals surface area contributed by atoms with Gasteiger partial charge in [0, 0.05) is 5.56 Å². The normalized spacial score (nSPS) is 11.2. The van der Waals surface area contributed by atoms with E-state index >= 15 is 0 Å². The van der Waals surface area contributed by atoms with E-state index in [1.54, 1.807) is 0 Å². The average molecular weight is 548 g/mol. The van der Waals surface area contributed by atoms with Crippen LogP contribution in [0.5, 0.6) is 0 Å². The number of hydrogen-bond acceptors (Lipinski definition) is 0. The summed E-state index contributed by atoms with van der Waals surface area (Å²) in [6.07, 6.45) is 22.8. The first-order valence-corrected chi connectivity index (χ1v) is 14.9. The molecule has 0 N–H and O–H groups in total. The first-order chi connectivity index (χ1) is 16.2. The summed E-state index contributed by atoms with van der Waals surface area (Å²) in [6.45, 7) is 8.33. The molecule has 0 radical (unpaired) electrons. The maximum absolute atomic E-state index is 2.35. The van der Waals surface area contributed by atoms with Crippen LogP contribution < -0.4 is 24.8 Å². The molecule has 0 unspecified atom stereocenters. The molecule has 0 saturated heterocycles. The van der Waals surface area contributed by atoms with E-state index in [1.807, 2.05) is 0 Å². The van der Waals surface area contributed by atoms with Crippen molar-refractivity contribution in [3.8, 4) is 0 Å². The number of quaternary nitrogens is 2. The quantitative estimate of drug-likeness (QED) is 0.174. The molecule has 0 spiro atoms. The van der Waals surface area contributed by atoms with Gasteiger partial charge in [0.15, 0.2) is 0 Å². The van der Waals surface area contributed by atoms with Crippen molar-refractivity contribution in [3.05, 3.63) is 35.9 Å². The summed E-state index contributed by atoms with van der Waals surface area (Å²) in [4.78, 5) is 0. The molecule has 36 heavy (non-hydrogen) atoms. The van der Waals surface area contributed by atoms with Gasteiger partial charge in [-0.3, -0.25) is 0 Å². The molecule has 0 aliphatic heterocycles. The summed E-state index contributed by atoms with van der Waals surface area (Å²) in [5.74, 6) is 0. The van der Waals surface area contributed by atoms with Crippen LogP contribution in [0.15, 0.2) is 30.3 Å². The summed E-state index contributed by atoms with van der Waals surface area (Å²) in [6, 6.07) is 10.8. The number of hydrogen-bond donors (Lipinski definition) is 0. The van der Waals surface area contributed by atoms with Crippen molar-refractivity contribution in [2.75, 3.05) is 48.3 Å². The summed E-state index contributed by atoms with van der Waals surface area (Å²) in [7, 11) is 11.5. The largest absolute Gasteiger partial charge is 1.00 e. The molecule has 1 aromatic carbocycles. The van der Waals surface area contributed by atoms with Crippen molar-refractivity contribution in [1.29, 1.82) is 0 Å². The standard InChI is InChI=1S/C17H30N.C15H34N.2ClH/c1-4-5-6-7-8-12-15-18(2,3)16-17-13-10-9-11-14-17;1-5-6-7-8-9-10-11-12-13-14-15-16(2,3)4;;/h9-11,13-14H,4-8,12,15-16H2,1-3H3;5-15H2,1-4H3;2*1H/q2*+1;;/p-2. The van der Waals surface area contributed by atoms with Crippen molar-refractivity contribution in [2.45, 2.75) is 123 Å². The number of nitrogens with zero attached hydrogens (tertiary/aromatic N) is 2. The predicted octanol–water partition coefficient (Wildman–Crippen LogP) is 3.25. The van der Waals surface area contributed by atoms with Crippen molar-refractivity contribution >= 4 is 0 Å². The Morgan fingerprint density at radius 3 is 1.22 bits per heavy atom. The highest BCUT2D eigenvalue weighted by Crippen LogP contribution is 2.13. The Balaban J connectivity index is -0.000000577. The van der Waals surface area contributed by atoms with Crippen LogP contribution in [0.3, 0.4) is 0 Å². The molecule has 0 aliphatic rings. The topological polar surface area (TPSA) is 0 Å².